The van der Waals surface area contributed by atoms with E-state index in [2.05, 4.69) is 25.9 Å². The van der Waals surface area contributed by atoms with Gasteiger partial charge in [-0.25, -0.2) is 4.98 Å². The molecule has 0 spiro atoms. The highest BCUT2D eigenvalue weighted by molar-refractivity contribution is 9.10. The molecule has 2 heterocycles. The summed E-state index contributed by atoms with van der Waals surface area (Å²) in [6.45, 7) is 0. The van der Waals surface area contributed by atoms with Crippen molar-refractivity contribution in [2.24, 2.45) is 0 Å². The Balaban J connectivity index is 0.000000180. The van der Waals surface area contributed by atoms with Crippen molar-refractivity contribution in [1.29, 1.82) is 0 Å². The van der Waals surface area contributed by atoms with Gasteiger partial charge in [0.1, 0.15) is 16.1 Å². The van der Waals surface area contributed by atoms with E-state index in [0.717, 1.165) is 21.6 Å². The van der Waals surface area contributed by atoms with E-state index in [4.69, 9.17) is 19.5 Å². The van der Waals surface area contributed by atoms with Crippen LogP contribution >= 0.6 is 15.9 Å². The molecule has 0 aliphatic rings. The monoisotopic (exact) mass is 494 g/mol. The lowest BCUT2D eigenvalue weighted by atomic mass is 9.80. The Morgan fingerprint density at radius 3 is 1.84 bits per heavy atom. The first-order valence-electron chi connectivity index (χ1n) is 9.65. The van der Waals surface area contributed by atoms with Gasteiger partial charge in [-0.1, -0.05) is 36.4 Å². The number of halogens is 1. The number of benzene rings is 2. The number of aromatic nitrogens is 2. The number of ether oxygens (including phenoxy) is 2. The molecule has 0 saturated heterocycles. The van der Waals surface area contributed by atoms with Gasteiger partial charge in [0.05, 0.1) is 19.9 Å². The molecule has 32 heavy (non-hydrogen) atoms. The van der Waals surface area contributed by atoms with Gasteiger partial charge in [0.25, 0.3) is 0 Å². The van der Waals surface area contributed by atoms with E-state index in [1.54, 1.807) is 43.8 Å². The van der Waals surface area contributed by atoms with Gasteiger partial charge in [0.15, 0.2) is 0 Å². The Bertz CT molecular complexity index is 1050. The normalized spacial score (nSPS) is 9.41. The van der Waals surface area contributed by atoms with E-state index in [0.29, 0.717) is 11.2 Å². The number of pyridine rings is 2. The van der Waals surface area contributed by atoms with Gasteiger partial charge < -0.3 is 19.5 Å². The van der Waals surface area contributed by atoms with Gasteiger partial charge >= 0.3 is 7.12 Å². The summed E-state index contributed by atoms with van der Waals surface area (Å²) < 4.78 is 10.9. The summed E-state index contributed by atoms with van der Waals surface area (Å²) in [6.07, 6.45) is 3.53. The molecule has 0 unspecified atom stereocenters. The van der Waals surface area contributed by atoms with E-state index in [-0.39, 0.29) is 0 Å². The minimum Gasteiger partial charge on any atom is -0.497 e. The van der Waals surface area contributed by atoms with Crippen LogP contribution in [-0.2, 0) is 0 Å². The van der Waals surface area contributed by atoms with Crippen molar-refractivity contribution in [2.45, 2.75) is 0 Å². The number of nitrogens with zero attached hydrogens (tertiary/aromatic N) is 2. The van der Waals surface area contributed by atoms with Gasteiger partial charge in [-0.05, 0) is 69.9 Å². The summed E-state index contributed by atoms with van der Waals surface area (Å²) in [4.78, 5) is 8.16. The first-order chi connectivity index (χ1) is 15.5. The Kier molecular flexibility index (Phi) is 11.0. The molecule has 4 aromatic rings. The molecule has 0 atom stereocenters. The van der Waals surface area contributed by atoms with Crippen molar-refractivity contribution < 1.29 is 19.5 Å². The molecule has 6 nitrogen and oxygen atoms in total. The third-order valence-electron chi connectivity index (χ3n) is 4.05. The van der Waals surface area contributed by atoms with E-state index in [9.17, 15) is 0 Å². The van der Waals surface area contributed by atoms with Crippen molar-refractivity contribution in [3.05, 3.63) is 102 Å². The average molecular weight is 495 g/mol. The molecule has 164 valence electrons. The molecule has 4 rings (SSSR count). The second kappa shape index (κ2) is 14.0. The molecule has 0 aliphatic heterocycles. The Morgan fingerprint density at radius 1 is 0.719 bits per heavy atom. The summed E-state index contributed by atoms with van der Waals surface area (Å²) in [6, 6.07) is 26.1. The molecule has 2 aromatic carbocycles. The third kappa shape index (κ3) is 8.89. The molecule has 2 aromatic heterocycles. The highest BCUT2D eigenvalue weighted by atomic mass is 79.9. The van der Waals surface area contributed by atoms with Crippen LogP contribution in [0.25, 0.3) is 11.3 Å². The Labute approximate surface area is 196 Å². The predicted octanol–water partition coefficient (Wildman–Crippen LogP) is 3.98. The summed E-state index contributed by atoms with van der Waals surface area (Å²) in [5.74, 6) is 1.48. The van der Waals surface area contributed by atoms with E-state index in [1.807, 2.05) is 60.7 Å². The lowest BCUT2D eigenvalue weighted by Crippen LogP contribution is -2.29. The van der Waals surface area contributed by atoms with Crippen LogP contribution in [0.5, 0.6) is 11.5 Å². The molecular weight excluding hydrogens is 471 g/mol. The molecular formula is C24H24BBrN2O4. The maximum atomic E-state index is 8.74. The summed E-state index contributed by atoms with van der Waals surface area (Å²) in [5.41, 5.74) is 2.47. The number of hydrogen-bond acceptors (Lipinski definition) is 6. The molecule has 0 aliphatic carbocycles. The van der Waals surface area contributed by atoms with Crippen molar-refractivity contribution in [3.63, 3.8) is 0 Å². The van der Waals surface area contributed by atoms with Gasteiger partial charge in [0.2, 0.25) is 0 Å². The SMILES string of the molecule is Brc1ccccn1.COc1cccc(-c2ccccn2)c1.COc1cccc(B(O)O)c1. The third-order valence-corrected chi connectivity index (χ3v) is 4.52. The second-order valence-electron chi connectivity index (χ2n) is 6.25. The standard InChI is InChI=1S/C12H11NO.C7H9BO3.C5H4BrN/c1-14-11-6-4-5-10(9-11)12-7-2-3-8-13-12;1-11-7-4-2-3-6(5-7)8(9)10;6-5-3-1-2-4-7-5/h2-9H,1H3;2-5,9-10H,1H3;1-4H. The first kappa shape index (κ1) is 25.1. The van der Waals surface area contributed by atoms with Gasteiger partial charge in [-0.2, -0.15) is 0 Å². The van der Waals surface area contributed by atoms with Crippen molar-refractivity contribution in [3.8, 4) is 22.8 Å². The quantitative estimate of drug-likeness (QED) is 0.330. The van der Waals surface area contributed by atoms with Crippen LogP contribution in [0.1, 0.15) is 0 Å². The predicted molar refractivity (Wildman–Crippen MR) is 131 cm³/mol. The van der Waals surface area contributed by atoms with Gasteiger partial charge in [0, 0.05) is 18.0 Å². The summed E-state index contributed by atoms with van der Waals surface area (Å²) in [7, 11) is 1.77. The summed E-state index contributed by atoms with van der Waals surface area (Å²) >= 11 is 3.20. The fraction of sp³-hybridized carbons (Fsp3) is 0.0833. The van der Waals surface area contributed by atoms with Crippen LogP contribution in [0.2, 0.25) is 0 Å². The molecule has 0 bridgehead atoms. The minimum atomic E-state index is -1.43. The Morgan fingerprint density at radius 2 is 1.34 bits per heavy atom. The van der Waals surface area contributed by atoms with E-state index in [1.165, 1.54) is 7.11 Å². The Hall–Kier alpha value is -3.20. The topological polar surface area (TPSA) is 84.7 Å². The van der Waals surface area contributed by atoms with E-state index >= 15 is 0 Å². The largest absolute Gasteiger partial charge is 0.497 e. The van der Waals surface area contributed by atoms with Crippen LogP contribution in [0.15, 0.2) is 102 Å². The number of rotatable bonds is 4. The van der Waals surface area contributed by atoms with E-state index < -0.39 is 7.12 Å². The maximum Gasteiger partial charge on any atom is 0.488 e. The molecule has 8 heteroatoms. The average Bonchev–Trinajstić information content (AvgIpc) is 2.86. The van der Waals surface area contributed by atoms with Gasteiger partial charge in [-0.15, -0.1) is 0 Å². The fourth-order valence-corrected chi connectivity index (χ4v) is 2.73. The zero-order valence-electron chi connectivity index (χ0n) is 17.8. The molecule has 0 saturated carbocycles. The van der Waals surface area contributed by atoms with Crippen LogP contribution in [-0.4, -0.2) is 41.4 Å². The van der Waals surface area contributed by atoms with Crippen molar-refractivity contribution in [1.82, 2.24) is 9.97 Å². The van der Waals surface area contributed by atoms with Crippen LogP contribution < -0.4 is 14.9 Å². The molecule has 0 fully saturated rings. The fourth-order valence-electron chi connectivity index (χ4n) is 2.46. The lowest BCUT2D eigenvalue weighted by molar-refractivity contribution is 0.412. The molecule has 0 radical (unpaired) electrons. The molecule has 2 N–H and O–H groups in total. The van der Waals surface area contributed by atoms with Crippen LogP contribution in [0, 0.1) is 0 Å². The van der Waals surface area contributed by atoms with Crippen molar-refractivity contribution >= 4 is 28.5 Å². The minimum absolute atomic E-state index is 0.435. The zero-order chi connectivity index (χ0) is 23.2. The second-order valence-corrected chi connectivity index (χ2v) is 7.06. The first-order valence-corrected chi connectivity index (χ1v) is 10.4. The number of hydrogen-bond donors (Lipinski definition) is 2. The molecule has 0 amide bonds. The van der Waals surface area contributed by atoms with Crippen LogP contribution in [0.3, 0.4) is 0 Å². The zero-order valence-corrected chi connectivity index (χ0v) is 19.4. The highest BCUT2D eigenvalue weighted by Crippen LogP contribution is 2.21. The van der Waals surface area contributed by atoms with Gasteiger partial charge in [-0.3, -0.25) is 4.98 Å². The maximum absolute atomic E-state index is 8.74. The smallest absolute Gasteiger partial charge is 0.488 e. The summed E-state index contributed by atoms with van der Waals surface area (Å²) in [5, 5.41) is 17.5. The number of methoxy groups -OCH3 is 2. The highest BCUT2D eigenvalue weighted by Gasteiger charge is 2.10. The van der Waals surface area contributed by atoms with Crippen LogP contribution in [0.4, 0.5) is 0 Å². The van der Waals surface area contributed by atoms with Crippen molar-refractivity contribution in [2.75, 3.05) is 14.2 Å². The lowest BCUT2D eigenvalue weighted by Gasteiger charge is -2.03.